The minimum atomic E-state index is -1.06. The van der Waals surface area contributed by atoms with E-state index in [2.05, 4.69) is 33.1 Å². The van der Waals surface area contributed by atoms with Crippen molar-refractivity contribution in [1.82, 2.24) is 16.0 Å². The van der Waals surface area contributed by atoms with Crippen LogP contribution in [0.3, 0.4) is 0 Å². The molecule has 3 aromatic rings. The molecule has 3 aromatic carbocycles. The normalized spacial score (nSPS) is 14.2. The summed E-state index contributed by atoms with van der Waals surface area (Å²) >= 11 is 0. The van der Waals surface area contributed by atoms with Crippen molar-refractivity contribution in [3.63, 3.8) is 0 Å². The summed E-state index contributed by atoms with van der Waals surface area (Å²) in [7, 11) is 0. The minimum absolute atomic E-state index is 0.0212. The van der Waals surface area contributed by atoms with Crippen molar-refractivity contribution in [3.8, 4) is 11.1 Å². The van der Waals surface area contributed by atoms with Crippen LogP contribution in [0.1, 0.15) is 76.0 Å². The van der Waals surface area contributed by atoms with E-state index in [1.165, 1.54) is 0 Å². The van der Waals surface area contributed by atoms with Crippen molar-refractivity contribution in [2.45, 2.75) is 84.0 Å². The fraction of sp³-hybridized carbons (Fsp3) is 0.425. The molecule has 0 radical (unpaired) electrons. The van der Waals surface area contributed by atoms with E-state index in [0.717, 1.165) is 27.8 Å². The summed E-state index contributed by atoms with van der Waals surface area (Å²) in [6.07, 6.45) is 0.666. The van der Waals surface area contributed by atoms with Crippen LogP contribution in [0.15, 0.2) is 83.9 Å². The van der Waals surface area contributed by atoms with Crippen LogP contribution in [-0.4, -0.2) is 61.1 Å². The SMILES string of the molecule is CCC(C)C(NC(=O)C(CCCN=C(N)N)NC(=O)C(CC(C)C)NC(=O)OCC1c2ccccc2-c2ccccc21)C(=O)OCc1ccccc1. The molecule has 4 atom stereocenters. The van der Waals surface area contributed by atoms with Gasteiger partial charge in [0.05, 0.1) is 0 Å². The number of esters is 1. The number of guanidine groups is 1. The van der Waals surface area contributed by atoms with E-state index in [1.54, 1.807) is 0 Å². The zero-order chi connectivity index (χ0) is 37.6. The van der Waals surface area contributed by atoms with Crippen LogP contribution in [0.4, 0.5) is 4.79 Å². The molecule has 1 aliphatic carbocycles. The molecule has 1 aliphatic rings. The number of hydrogen-bond acceptors (Lipinski definition) is 7. The lowest BCUT2D eigenvalue weighted by Crippen LogP contribution is -2.57. The predicted molar refractivity (Wildman–Crippen MR) is 201 cm³/mol. The van der Waals surface area contributed by atoms with Gasteiger partial charge in [-0.15, -0.1) is 0 Å². The summed E-state index contributed by atoms with van der Waals surface area (Å²) in [6.45, 7) is 7.98. The van der Waals surface area contributed by atoms with Crippen molar-refractivity contribution in [3.05, 3.63) is 95.6 Å². The molecular formula is C40H52N6O6. The van der Waals surface area contributed by atoms with E-state index in [0.29, 0.717) is 19.3 Å². The van der Waals surface area contributed by atoms with Crippen LogP contribution in [0.5, 0.6) is 0 Å². The number of nitrogens with zero attached hydrogens (tertiary/aromatic N) is 1. The number of carbonyl (C=O) groups is 4. The van der Waals surface area contributed by atoms with Gasteiger partial charge in [0.1, 0.15) is 31.3 Å². The van der Waals surface area contributed by atoms with E-state index < -0.39 is 42.0 Å². The topological polar surface area (TPSA) is 187 Å². The van der Waals surface area contributed by atoms with Crippen LogP contribution < -0.4 is 27.4 Å². The second-order valence-corrected chi connectivity index (χ2v) is 13.6. The standard InChI is InChI=1S/C40H52N6O6/c1-5-26(4)35(38(49)51-23-27-14-7-6-8-15-27)46-36(47)33(20-13-21-43-39(41)42)44-37(48)34(22-25(2)3)45-40(50)52-24-32-30-18-11-9-16-28(30)29-17-10-12-19-31(29)32/h6-12,14-19,25-26,32-35H,5,13,20-24H2,1-4H3,(H,44,48)(H,45,50)(H,46,47)(H4,41,42,43). The molecule has 52 heavy (non-hydrogen) atoms. The number of nitrogens with one attached hydrogen (secondary N) is 3. The average molecular weight is 713 g/mol. The summed E-state index contributed by atoms with van der Waals surface area (Å²) in [5.74, 6) is -2.17. The summed E-state index contributed by atoms with van der Waals surface area (Å²) in [5.41, 5.74) is 16.1. The first kappa shape index (κ1) is 39.4. The Kier molecular flexibility index (Phi) is 14.6. The second kappa shape index (κ2) is 19.3. The van der Waals surface area contributed by atoms with Gasteiger partial charge in [0.2, 0.25) is 11.8 Å². The maximum absolute atomic E-state index is 13.8. The Hall–Kier alpha value is -5.39. The molecule has 0 fully saturated rings. The Bertz CT molecular complexity index is 1650. The highest BCUT2D eigenvalue weighted by Gasteiger charge is 2.33. The van der Waals surface area contributed by atoms with Gasteiger partial charge in [-0.3, -0.25) is 14.6 Å². The molecule has 7 N–H and O–H groups in total. The number of fused-ring (bicyclic) bond motifs is 3. The third kappa shape index (κ3) is 11.1. The van der Waals surface area contributed by atoms with Gasteiger partial charge in [-0.05, 0) is 58.9 Å². The molecule has 278 valence electrons. The van der Waals surface area contributed by atoms with Crippen LogP contribution in [0.2, 0.25) is 0 Å². The number of rotatable bonds is 18. The fourth-order valence-electron chi connectivity index (χ4n) is 6.27. The molecule has 4 unspecified atom stereocenters. The third-order valence-corrected chi connectivity index (χ3v) is 9.23. The molecule has 3 amide bonds. The van der Waals surface area contributed by atoms with Crippen LogP contribution in [-0.2, 0) is 30.5 Å². The summed E-state index contributed by atoms with van der Waals surface area (Å²) in [5, 5.41) is 8.37. The van der Waals surface area contributed by atoms with Crippen LogP contribution >= 0.6 is 0 Å². The van der Waals surface area contributed by atoms with Gasteiger partial charge in [-0.25, -0.2) is 9.59 Å². The van der Waals surface area contributed by atoms with Crippen molar-refractivity contribution in [2.75, 3.05) is 13.2 Å². The van der Waals surface area contributed by atoms with Gasteiger partial charge in [0.25, 0.3) is 0 Å². The molecule has 0 heterocycles. The third-order valence-electron chi connectivity index (χ3n) is 9.23. The lowest BCUT2D eigenvalue weighted by molar-refractivity contribution is -0.151. The van der Waals surface area contributed by atoms with Crippen molar-refractivity contribution >= 4 is 29.8 Å². The molecule has 0 bridgehead atoms. The number of aliphatic imine (C=N–C) groups is 1. The quantitative estimate of drug-likeness (QED) is 0.0541. The van der Waals surface area contributed by atoms with Crippen LogP contribution in [0, 0.1) is 11.8 Å². The Morgan fingerprint density at radius 1 is 0.769 bits per heavy atom. The molecule has 0 saturated heterocycles. The highest BCUT2D eigenvalue weighted by atomic mass is 16.5. The fourth-order valence-corrected chi connectivity index (χ4v) is 6.27. The Labute approximate surface area is 306 Å². The number of benzene rings is 3. The summed E-state index contributed by atoms with van der Waals surface area (Å²) < 4.78 is 11.3. The number of carbonyl (C=O) groups excluding carboxylic acids is 4. The lowest BCUT2D eigenvalue weighted by Gasteiger charge is -2.27. The average Bonchev–Trinajstić information content (AvgIpc) is 3.46. The van der Waals surface area contributed by atoms with Gasteiger partial charge >= 0.3 is 12.1 Å². The van der Waals surface area contributed by atoms with Crippen LogP contribution in [0.25, 0.3) is 11.1 Å². The van der Waals surface area contributed by atoms with Gasteiger partial charge in [0, 0.05) is 12.5 Å². The number of ether oxygens (including phenoxy) is 2. The monoisotopic (exact) mass is 712 g/mol. The smallest absolute Gasteiger partial charge is 0.407 e. The van der Waals surface area contributed by atoms with E-state index in [4.69, 9.17) is 20.9 Å². The van der Waals surface area contributed by atoms with Gasteiger partial charge < -0.3 is 36.9 Å². The molecule has 0 aliphatic heterocycles. The Balaban J connectivity index is 1.44. The summed E-state index contributed by atoms with van der Waals surface area (Å²) in [6, 6.07) is 22.3. The molecular weight excluding hydrogens is 660 g/mol. The molecule has 0 saturated carbocycles. The highest BCUT2D eigenvalue weighted by molar-refractivity contribution is 5.93. The number of nitrogens with two attached hydrogens (primary N) is 2. The second-order valence-electron chi connectivity index (χ2n) is 13.6. The first-order valence-electron chi connectivity index (χ1n) is 18.0. The van der Waals surface area contributed by atoms with Crippen molar-refractivity contribution < 1.29 is 28.7 Å². The zero-order valence-electron chi connectivity index (χ0n) is 30.5. The van der Waals surface area contributed by atoms with E-state index in [9.17, 15) is 19.2 Å². The van der Waals surface area contributed by atoms with Crippen molar-refractivity contribution in [1.29, 1.82) is 0 Å². The molecule has 0 spiro atoms. The van der Waals surface area contributed by atoms with Gasteiger partial charge in [-0.1, -0.05) is 113 Å². The van der Waals surface area contributed by atoms with E-state index in [-0.39, 0.29) is 49.9 Å². The van der Waals surface area contributed by atoms with Gasteiger partial charge in [-0.2, -0.15) is 0 Å². The maximum atomic E-state index is 13.8. The number of alkyl carbamates (subject to hydrolysis) is 1. The minimum Gasteiger partial charge on any atom is -0.459 e. The maximum Gasteiger partial charge on any atom is 0.407 e. The molecule has 4 rings (SSSR count). The number of hydrogen-bond donors (Lipinski definition) is 5. The molecule has 12 heteroatoms. The lowest BCUT2D eigenvalue weighted by atomic mass is 9.98. The molecule has 12 nitrogen and oxygen atoms in total. The molecule has 0 aromatic heterocycles. The van der Waals surface area contributed by atoms with Crippen molar-refractivity contribution in [2.24, 2.45) is 28.3 Å². The summed E-state index contributed by atoms with van der Waals surface area (Å²) in [4.78, 5) is 58.1. The van der Waals surface area contributed by atoms with E-state index >= 15 is 0 Å². The number of amides is 3. The first-order chi connectivity index (χ1) is 25.0. The highest BCUT2D eigenvalue weighted by Crippen LogP contribution is 2.44. The first-order valence-corrected chi connectivity index (χ1v) is 18.0. The predicted octanol–water partition coefficient (Wildman–Crippen LogP) is 4.75. The zero-order valence-corrected chi connectivity index (χ0v) is 30.5. The van der Waals surface area contributed by atoms with E-state index in [1.807, 2.05) is 94.4 Å². The Morgan fingerprint density at radius 2 is 1.37 bits per heavy atom. The largest absolute Gasteiger partial charge is 0.459 e. The Morgan fingerprint density at radius 3 is 1.96 bits per heavy atom. The van der Waals surface area contributed by atoms with Gasteiger partial charge in [0.15, 0.2) is 5.96 Å².